The number of benzene rings is 1. The molecule has 1 aromatic heterocycles. The van der Waals surface area contributed by atoms with Crippen LogP contribution in [0.5, 0.6) is 0 Å². The van der Waals surface area contributed by atoms with E-state index in [1.54, 1.807) is 11.3 Å². The first-order chi connectivity index (χ1) is 11.5. The van der Waals surface area contributed by atoms with Gasteiger partial charge < -0.3 is 5.32 Å². The second kappa shape index (κ2) is 7.15. The molecule has 1 aliphatic rings. The van der Waals surface area contributed by atoms with Gasteiger partial charge in [0.05, 0.1) is 6.54 Å². The number of anilines is 1. The minimum atomic E-state index is -0.486. The van der Waals surface area contributed by atoms with Crippen molar-refractivity contribution in [3.05, 3.63) is 51.2 Å². The average Bonchev–Trinajstić information content (AvgIpc) is 2.97. The summed E-state index contributed by atoms with van der Waals surface area (Å²) in [6, 6.07) is 7.38. The molecule has 0 aliphatic carbocycles. The lowest BCUT2D eigenvalue weighted by atomic mass is 10.1. The van der Waals surface area contributed by atoms with Gasteiger partial charge in [-0.3, -0.25) is 15.0 Å². The van der Waals surface area contributed by atoms with E-state index in [2.05, 4.69) is 27.0 Å². The smallest absolute Gasteiger partial charge is 0.307 e. The largest absolute Gasteiger partial charge is 0.325 e. The normalized spacial score (nSPS) is 14.1. The molecule has 2 N–H and O–H groups in total. The van der Waals surface area contributed by atoms with Crippen molar-refractivity contribution in [1.29, 1.82) is 0 Å². The predicted octanol–water partition coefficient (Wildman–Crippen LogP) is 3.07. The topological polar surface area (TPSA) is 61.4 Å². The van der Waals surface area contributed by atoms with Crippen LogP contribution in [0.3, 0.4) is 0 Å². The van der Waals surface area contributed by atoms with Gasteiger partial charge in [-0.25, -0.2) is 4.79 Å². The van der Waals surface area contributed by atoms with Crippen molar-refractivity contribution < 1.29 is 9.59 Å². The Morgan fingerprint density at radius 2 is 2.08 bits per heavy atom. The Hall–Kier alpha value is -2.18. The number of imide groups is 1. The molecule has 0 fully saturated rings. The Morgan fingerprint density at radius 1 is 1.25 bits per heavy atom. The maximum atomic E-state index is 12.1. The number of hydrogen-bond acceptors (Lipinski definition) is 4. The Bertz CT molecular complexity index is 769. The summed E-state index contributed by atoms with van der Waals surface area (Å²) in [7, 11) is 0. The summed E-state index contributed by atoms with van der Waals surface area (Å²) >= 11 is 1.77. The van der Waals surface area contributed by atoms with Gasteiger partial charge in [0, 0.05) is 23.7 Å². The predicted molar refractivity (Wildman–Crippen MR) is 96.4 cm³/mol. The highest BCUT2D eigenvalue weighted by atomic mass is 32.1. The molecule has 3 rings (SSSR count). The molecule has 6 heteroatoms. The summed E-state index contributed by atoms with van der Waals surface area (Å²) in [5.74, 6) is -0.282. The monoisotopic (exact) mass is 343 g/mol. The molecule has 0 atom stereocenters. The zero-order valence-electron chi connectivity index (χ0n) is 13.9. The van der Waals surface area contributed by atoms with Crippen molar-refractivity contribution in [2.45, 2.75) is 26.8 Å². The summed E-state index contributed by atoms with van der Waals surface area (Å²) in [6.45, 7) is 5.77. The Labute approximate surface area is 145 Å². The molecule has 2 heterocycles. The molecule has 5 nitrogen and oxygen atoms in total. The first-order valence-electron chi connectivity index (χ1n) is 7.97. The second-order valence-electron chi connectivity index (χ2n) is 6.15. The van der Waals surface area contributed by atoms with Crippen LogP contribution in [-0.2, 0) is 17.8 Å². The molecule has 126 valence electrons. The summed E-state index contributed by atoms with van der Waals surface area (Å²) in [5, 5.41) is 7.23. The van der Waals surface area contributed by atoms with E-state index in [1.165, 1.54) is 10.4 Å². The van der Waals surface area contributed by atoms with Gasteiger partial charge in [-0.1, -0.05) is 17.7 Å². The Morgan fingerprint density at radius 3 is 2.88 bits per heavy atom. The quantitative estimate of drug-likeness (QED) is 0.900. The average molecular weight is 343 g/mol. The van der Waals surface area contributed by atoms with Gasteiger partial charge in [-0.2, -0.15) is 0 Å². The number of carbonyl (C=O) groups is 2. The van der Waals surface area contributed by atoms with Crippen LogP contribution in [0, 0.1) is 13.8 Å². The molecule has 1 aliphatic heterocycles. The summed E-state index contributed by atoms with van der Waals surface area (Å²) < 4.78 is 0. The van der Waals surface area contributed by atoms with Crippen molar-refractivity contribution in [1.82, 2.24) is 10.2 Å². The molecule has 2 aromatic rings. The number of rotatable bonds is 3. The number of hydrogen-bond donors (Lipinski definition) is 2. The maximum Gasteiger partial charge on any atom is 0.325 e. The first kappa shape index (κ1) is 16.7. The Balaban J connectivity index is 1.50. The molecule has 0 unspecified atom stereocenters. The fourth-order valence-corrected chi connectivity index (χ4v) is 3.81. The lowest BCUT2D eigenvalue weighted by molar-refractivity contribution is -0.121. The van der Waals surface area contributed by atoms with E-state index in [0.717, 1.165) is 30.6 Å². The summed E-state index contributed by atoms with van der Waals surface area (Å²) in [5.41, 5.74) is 4.11. The van der Waals surface area contributed by atoms with E-state index in [9.17, 15) is 9.59 Å². The molecule has 0 bridgehead atoms. The molecule has 0 saturated heterocycles. The van der Waals surface area contributed by atoms with Gasteiger partial charge in [0.25, 0.3) is 0 Å². The number of urea groups is 1. The van der Waals surface area contributed by atoms with Crippen LogP contribution in [0.1, 0.15) is 21.6 Å². The van der Waals surface area contributed by atoms with Crippen LogP contribution < -0.4 is 10.6 Å². The molecule has 24 heavy (non-hydrogen) atoms. The van der Waals surface area contributed by atoms with E-state index >= 15 is 0 Å². The van der Waals surface area contributed by atoms with E-state index in [4.69, 9.17) is 0 Å². The van der Waals surface area contributed by atoms with Crippen LogP contribution in [0.2, 0.25) is 0 Å². The van der Waals surface area contributed by atoms with Gasteiger partial charge in [-0.15, -0.1) is 11.3 Å². The molecule has 0 spiro atoms. The Kier molecular flexibility index (Phi) is 4.97. The van der Waals surface area contributed by atoms with Crippen molar-refractivity contribution in [2.75, 3.05) is 18.4 Å². The maximum absolute atomic E-state index is 12.1. The van der Waals surface area contributed by atoms with Gasteiger partial charge in [0.2, 0.25) is 5.91 Å². The molecule has 3 amide bonds. The van der Waals surface area contributed by atoms with E-state index in [1.807, 2.05) is 32.0 Å². The molecule has 1 aromatic carbocycles. The molecule has 0 saturated carbocycles. The number of amides is 3. The van der Waals surface area contributed by atoms with Crippen molar-refractivity contribution >= 4 is 29.0 Å². The SMILES string of the molecule is Cc1ccc(NC(=O)NC(=O)CN2CCc3sccc3C2)c(C)c1. The van der Waals surface area contributed by atoms with E-state index in [0.29, 0.717) is 5.69 Å². The van der Waals surface area contributed by atoms with Gasteiger partial charge in [0.15, 0.2) is 0 Å². The minimum Gasteiger partial charge on any atom is -0.307 e. The van der Waals surface area contributed by atoms with Crippen molar-refractivity contribution in [3.8, 4) is 0 Å². The lowest BCUT2D eigenvalue weighted by Gasteiger charge is -2.25. The number of fused-ring (bicyclic) bond motifs is 1. The molecule has 0 radical (unpaired) electrons. The van der Waals surface area contributed by atoms with Crippen LogP contribution >= 0.6 is 11.3 Å². The first-order valence-corrected chi connectivity index (χ1v) is 8.85. The van der Waals surface area contributed by atoms with Crippen LogP contribution in [-0.4, -0.2) is 29.9 Å². The highest BCUT2D eigenvalue weighted by Crippen LogP contribution is 2.23. The minimum absolute atomic E-state index is 0.232. The van der Waals surface area contributed by atoms with E-state index in [-0.39, 0.29) is 12.5 Å². The highest BCUT2D eigenvalue weighted by molar-refractivity contribution is 7.10. The highest BCUT2D eigenvalue weighted by Gasteiger charge is 2.20. The number of nitrogens with one attached hydrogen (secondary N) is 2. The lowest BCUT2D eigenvalue weighted by Crippen LogP contribution is -2.43. The van der Waals surface area contributed by atoms with Crippen LogP contribution in [0.15, 0.2) is 29.6 Å². The standard InChI is InChI=1S/C18H21N3O2S/c1-12-3-4-15(13(2)9-12)19-18(23)20-17(22)11-21-7-5-16-14(10-21)6-8-24-16/h3-4,6,8-9H,5,7,10-11H2,1-2H3,(H2,19,20,22,23). The van der Waals surface area contributed by atoms with Crippen molar-refractivity contribution in [3.63, 3.8) is 0 Å². The molecular formula is C18H21N3O2S. The number of nitrogens with zero attached hydrogens (tertiary/aromatic N) is 1. The third-order valence-electron chi connectivity index (χ3n) is 4.14. The van der Waals surface area contributed by atoms with Crippen molar-refractivity contribution in [2.24, 2.45) is 0 Å². The summed E-state index contributed by atoms with van der Waals surface area (Å²) in [6.07, 6.45) is 0.967. The van der Waals surface area contributed by atoms with E-state index < -0.39 is 6.03 Å². The number of thiophene rings is 1. The van der Waals surface area contributed by atoms with Crippen LogP contribution in [0.4, 0.5) is 10.5 Å². The zero-order chi connectivity index (χ0) is 17.1. The summed E-state index contributed by atoms with van der Waals surface area (Å²) in [4.78, 5) is 27.6. The fourth-order valence-electron chi connectivity index (χ4n) is 2.92. The third-order valence-corrected chi connectivity index (χ3v) is 5.16. The zero-order valence-corrected chi connectivity index (χ0v) is 14.7. The third kappa shape index (κ3) is 4.01. The van der Waals surface area contributed by atoms with Crippen LogP contribution in [0.25, 0.3) is 0 Å². The fraction of sp³-hybridized carbons (Fsp3) is 0.333. The van der Waals surface area contributed by atoms with Gasteiger partial charge in [0.1, 0.15) is 0 Å². The van der Waals surface area contributed by atoms with Gasteiger partial charge in [-0.05, 0) is 48.9 Å². The second-order valence-corrected chi connectivity index (χ2v) is 7.15. The number of aryl methyl sites for hydroxylation is 2. The molecular weight excluding hydrogens is 322 g/mol. The van der Waals surface area contributed by atoms with Gasteiger partial charge >= 0.3 is 6.03 Å². The number of carbonyl (C=O) groups excluding carboxylic acids is 2.